The van der Waals surface area contributed by atoms with Gasteiger partial charge in [0.1, 0.15) is 0 Å². The number of nitrogens with zero attached hydrogens (tertiary/aromatic N) is 2. The Kier molecular flexibility index (Phi) is 5.26. The van der Waals surface area contributed by atoms with Crippen molar-refractivity contribution in [2.45, 2.75) is 13.8 Å². The van der Waals surface area contributed by atoms with E-state index < -0.39 is 5.78 Å². The van der Waals surface area contributed by atoms with Gasteiger partial charge in [0.2, 0.25) is 11.5 Å². The first-order chi connectivity index (χ1) is 13.4. The molecule has 7 nitrogen and oxygen atoms in total. The number of carbonyl (C=O) groups excluding carboxylic acids is 1. The van der Waals surface area contributed by atoms with Gasteiger partial charge < -0.3 is 19.4 Å². The van der Waals surface area contributed by atoms with Gasteiger partial charge in [-0.3, -0.25) is 4.79 Å². The second-order valence-corrected chi connectivity index (χ2v) is 6.29. The summed E-state index contributed by atoms with van der Waals surface area (Å²) in [5, 5.41) is 10.7. The number of imidazole rings is 1. The van der Waals surface area contributed by atoms with Crippen LogP contribution in [0.2, 0.25) is 0 Å². The molecule has 0 fully saturated rings. The minimum absolute atomic E-state index is 0.0739. The maximum absolute atomic E-state index is 13.1. The van der Waals surface area contributed by atoms with Gasteiger partial charge in [0.15, 0.2) is 23.0 Å². The molecule has 3 aromatic rings. The Hall–Kier alpha value is -3.48. The number of hydrogen-bond donors (Lipinski definition) is 1. The van der Waals surface area contributed by atoms with E-state index in [-0.39, 0.29) is 11.3 Å². The first-order valence-electron chi connectivity index (χ1n) is 8.61. The molecule has 3 rings (SSSR count). The number of carbonyl (C=O) groups is 1. The van der Waals surface area contributed by atoms with Gasteiger partial charge in [-0.1, -0.05) is 29.8 Å². The van der Waals surface area contributed by atoms with Crippen molar-refractivity contribution in [1.82, 2.24) is 9.71 Å². The average molecular weight is 382 g/mol. The van der Waals surface area contributed by atoms with Crippen LogP contribution in [-0.2, 0) is 0 Å². The van der Waals surface area contributed by atoms with Crippen molar-refractivity contribution in [2.24, 2.45) is 0 Å². The summed E-state index contributed by atoms with van der Waals surface area (Å²) in [5.74, 6) is 0.978. The van der Waals surface area contributed by atoms with Crippen LogP contribution in [0.4, 0.5) is 0 Å². The summed E-state index contributed by atoms with van der Waals surface area (Å²) in [6.45, 7) is 3.65. The summed E-state index contributed by atoms with van der Waals surface area (Å²) >= 11 is 0. The largest absolute Gasteiger partial charge is 0.493 e. The fraction of sp³-hybridized carbons (Fsp3) is 0.238. The normalized spacial score (nSPS) is 10.6. The molecule has 1 heterocycles. The van der Waals surface area contributed by atoms with Gasteiger partial charge in [-0.05, 0) is 26.0 Å². The van der Waals surface area contributed by atoms with Crippen LogP contribution in [0.5, 0.6) is 17.2 Å². The quantitative estimate of drug-likeness (QED) is 0.517. The Bertz CT molecular complexity index is 997. The molecule has 0 saturated carbocycles. The molecule has 0 saturated heterocycles. The van der Waals surface area contributed by atoms with Crippen molar-refractivity contribution >= 4 is 5.78 Å². The highest BCUT2D eigenvalue weighted by Crippen LogP contribution is 2.39. The van der Waals surface area contributed by atoms with E-state index in [9.17, 15) is 10.0 Å². The molecule has 0 amide bonds. The van der Waals surface area contributed by atoms with Crippen LogP contribution in [0.3, 0.4) is 0 Å². The average Bonchev–Trinajstić information content (AvgIpc) is 3.00. The predicted octanol–water partition coefficient (Wildman–Crippen LogP) is 3.66. The van der Waals surface area contributed by atoms with Crippen LogP contribution in [0.1, 0.15) is 27.3 Å². The number of ketones is 1. The molecule has 0 spiro atoms. The third-order valence-electron chi connectivity index (χ3n) is 4.48. The van der Waals surface area contributed by atoms with Gasteiger partial charge in [0.05, 0.1) is 27.0 Å². The molecule has 0 aliphatic heterocycles. The topological polar surface area (TPSA) is 82.8 Å². The van der Waals surface area contributed by atoms with Crippen LogP contribution in [0, 0.1) is 13.8 Å². The van der Waals surface area contributed by atoms with Gasteiger partial charge in [0.25, 0.3) is 0 Å². The van der Waals surface area contributed by atoms with Crippen LogP contribution < -0.4 is 14.2 Å². The lowest BCUT2D eigenvalue weighted by Crippen LogP contribution is -2.11. The van der Waals surface area contributed by atoms with E-state index in [2.05, 4.69) is 4.98 Å². The van der Waals surface area contributed by atoms with E-state index in [1.54, 1.807) is 19.1 Å². The zero-order valence-corrected chi connectivity index (χ0v) is 16.4. The fourth-order valence-corrected chi connectivity index (χ4v) is 3.02. The second-order valence-electron chi connectivity index (χ2n) is 6.29. The molecule has 28 heavy (non-hydrogen) atoms. The number of aryl methyl sites for hydroxylation is 2. The van der Waals surface area contributed by atoms with Crippen LogP contribution in [0.25, 0.3) is 11.4 Å². The molecule has 2 aromatic carbocycles. The summed E-state index contributed by atoms with van der Waals surface area (Å²) in [6, 6.07) is 10.6. The predicted molar refractivity (Wildman–Crippen MR) is 104 cm³/mol. The number of methoxy groups -OCH3 is 3. The van der Waals surface area contributed by atoms with Gasteiger partial charge in [-0.25, -0.2) is 4.98 Å². The van der Waals surface area contributed by atoms with Crippen molar-refractivity contribution in [3.8, 4) is 28.6 Å². The van der Waals surface area contributed by atoms with E-state index in [4.69, 9.17) is 14.2 Å². The summed E-state index contributed by atoms with van der Waals surface area (Å²) in [5.41, 5.74) is 2.57. The number of aromatic nitrogens is 2. The SMILES string of the molecule is COc1cc(C(=O)c2c(C)nc(-c3ccc(C)cc3)n2O)cc(OC)c1OC. The minimum atomic E-state index is -0.412. The molecule has 1 N–H and O–H groups in total. The molecule has 0 bridgehead atoms. The Labute approximate surface area is 163 Å². The van der Waals surface area contributed by atoms with Crippen LogP contribution in [0.15, 0.2) is 36.4 Å². The molecule has 0 aliphatic rings. The number of rotatable bonds is 6. The number of benzene rings is 2. The van der Waals surface area contributed by atoms with Crippen molar-refractivity contribution in [1.29, 1.82) is 0 Å². The summed E-state index contributed by atoms with van der Waals surface area (Å²) < 4.78 is 16.7. The monoisotopic (exact) mass is 382 g/mol. The number of hydrogen-bond acceptors (Lipinski definition) is 6. The summed E-state index contributed by atoms with van der Waals surface area (Å²) in [7, 11) is 4.44. The van der Waals surface area contributed by atoms with Gasteiger partial charge >= 0.3 is 0 Å². The van der Waals surface area contributed by atoms with Crippen molar-refractivity contribution in [2.75, 3.05) is 21.3 Å². The highest BCUT2D eigenvalue weighted by atomic mass is 16.5. The smallest absolute Gasteiger partial charge is 0.215 e. The third-order valence-corrected chi connectivity index (χ3v) is 4.48. The van der Waals surface area contributed by atoms with Crippen LogP contribution in [-0.4, -0.2) is 42.0 Å². The molecular weight excluding hydrogens is 360 g/mol. The maximum atomic E-state index is 13.1. The first kappa shape index (κ1) is 19.3. The summed E-state index contributed by atoms with van der Waals surface area (Å²) in [4.78, 5) is 17.5. The molecule has 7 heteroatoms. The maximum Gasteiger partial charge on any atom is 0.215 e. The molecule has 0 atom stereocenters. The van der Waals surface area contributed by atoms with E-state index >= 15 is 0 Å². The zero-order valence-electron chi connectivity index (χ0n) is 16.4. The highest BCUT2D eigenvalue weighted by molar-refractivity contribution is 6.09. The Balaban J connectivity index is 2.10. The lowest BCUT2D eigenvalue weighted by molar-refractivity contribution is 0.0985. The van der Waals surface area contributed by atoms with Gasteiger partial charge in [0, 0.05) is 11.1 Å². The first-order valence-corrected chi connectivity index (χ1v) is 8.61. The zero-order chi connectivity index (χ0) is 20.4. The van der Waals surface area contributed by atoms with E-state index in [0.29, 0.717) is 34.3 Å². The molecule has 0 aliphatic carbocycles. The standard InChI is InChI=1S/C21H22N2O5/c1-12-6-8-14(9-7-12)21-22-13(2)18(23(21)25)19(24)15-10-16(26-3)20(28-5)17(11-15)27-4/h6-11,25H,1-5H3. The van der Waals surface area contributed by atoms with Crippen LogP contribution >= 0.6 is 0 Å². The van der Waals surface area contributed by atoms with Crippen molar-refractivity contribution < 1.29 is 24.2 Å². The molecule has 0 radical (unpaired) electrons. The van der Waals surface area contributed by atoms with Crippen molar-refractivity contribution in [3.63, 3.8) is 0 Å². The van der Waals surface area contributed by atoms with E-state index in [0.717, 1.165) is 10.3 Å². The molecule has 0 unspecified atom stereocenters. The summed E-state index contributed by atoms with van der Waals surface area (Å²) in [6.07, 6.45) is 0. The lowest BCUT2D eigenvalue weighted by Gasteiger charge is -2.14. The Morgan fingerprint density at radius 1 is 0.964 bits per heavy atom. The minimum Gasteiger partial charge on any atom is -0.493 e. The highest BCUT2D eigenvalue weighted by Gasteiger charge is 2.25. The second kappa shape index (κ2) is 7.64. The Morgan fingerprint density at radius 2 is 1.54 bits per heavy atom. The fourth-order valence-electron chi connectivity index (χ4n) is 3.02. The molecule has 1 aromatic heterocycles. The third kappa shape index (κ3) is 3.26. The van der Waals surface area contributed by atoms with Crippen molar-refractivity contribution in [3.05, 3.63) is 58.9 Å². The van der Waals surface area contributed by atoms with Gasteiger partial charge in [-0.15, -0.1) is 0 Å². The molecular formula is C21H22N2O5. The molecule has 146 valence electrons. The Morgan fingerprint density at radius 3 is 2.04 bits per heavy atom. The van der Waals surface area contributed by atoms with E-state index in [1.165, 1.54) is 21.3 Å². The lowest BCUT2D eigenvalue weighted by atomic mass is 10.1. The van der Waals surface area contributed by atoms with E-state index in [1.807, 2.05) is 31.2 Å². The van der Waals surface area contributed by atoms with Gasteiger partial charge in [-0.2, -0.15) is 4.73 Å². The number of ether oxygens (including phenoxy) is 3.